The highest BCUT2D eigenvalue weighted by Crippen LogP contribution is 2.52. The fraction of sp³-hybridized carbons (Fsp3) is 0.409. The quantitative estimate of drug-likeness (QED) is 0.313. The predicted octanol–water partition coefficient (Wildman–Crippen LogP) is 1.64. The van der Waals surface area contributed by atoms with Crippen LogP contribution in [0.1, 0.15) is 12.1 Å². The van der Waals surface area contributed by atoms with Gasteiger partial charge in [0, 0.05) is 31.3 Å². The van der Waals surface area contributed by atoms with E-state index in [0.717, 1.165) is 17.6 Å². The van der Waals surface area contributed by atoms with Crippen LogP contribution in [0.4, 0.5) is 0 Å². The Labute approximate surface area is 169 Å². The number of fused-ring (bicyclic) bond motifs is 6. The third-order valence-electron chi connectivity index (χ3n) is 6.45. The van der Waals surface area contributed by atoms with E-state index in [1.165, 1.54) is 10.3 Å². The van der Waals surface area contributed by atoms with Gasteiger partial charge in [-0.25, -0.2) is 0 Å². The number of nitrogens with zero attached hydrogens (tertiary/aromatic N) is 2. The number of aromatic nitrogens is 1. The Morgan fingerprint density at radius 2 is 1.86 bits per heavy atom. The summed E-state index contributed by atoms with van der Waals surface area (Å²) in [6.45, 7) is 1.46. The number of hydrogen-bond donors (Lipinski definition) is 3. The molecular weight excluding hydrogens is 366 g/mol. The number of allylic oxidation sites excluding steroid dienone is 2. The highest BCUT2D eigenvalue weighted by Gasteiger charge is 2.58. The van der Waals surface area contributed by atoms with Gasteiger partial charge in [0.05, 0.1) is 18.4 Å². The third-order valence-corrected chi connectivity index (χ3v) is 6.45. The SMILES string of the molecule is CN=C(NCCN1C(=O)C2C3C=CC(C3)C2C1=O)NCc1cc2ccccc2[nH]1. The molecule has 0 spiro atoms. The number of H-pyrrole nitrogens is 1. The minimum Gasteiger partial charge on any atom is -0.357 e. The summed E-state index contributed by atoms with van der Waals surface area (Å²) in [5.74, 6) is 0.897. The molecule has 7 heteroatoms. The zero-order valence-electron chi connectivity index (χ0n) is 16.4. The average Bonchev–Trinajstić information content (AvgIpc) is 3.49. The van der Waals surface area contributed by atoms with Crippen LogP contribution in [-0.2, 0) is 16.1 Å². The molecule has 1 saturated carbocycles. The van der Waals surface area contributed by atoms with Crippen molar-refractivity contribution in [3.63, 3.8) is 0 Å². The number of carbonyl (C=O) groups is 2. The number of para-hydroxylation sites is 1. The van der Waals surface area contributed by atoms with Crippen LogP contribution in [0, 0.1) is 23.7 Å². The number of imide groups is 1. The van der Waals surface area contributed by atoms with Crippen molar-refractivity contribution in [3.05, 3.63) is 48.2 Å². The van der Waals surface area contributed by atoms with Gasteiger partial charge in [-0.1, -0.05) is 30.4 Å². The van der Waals surface area contributed by atoms with Crippen molar-refractivity contribution in [1.29, 1.82) is 0 Å². The largest absolute Gasteiger partial charge is 0.357 e. The zero-order valence-corrected chi connectivity index (χ0v) is 16.4. The van der Waals surface area contributed by atoms with E-state index < -0.39 is 0 Å². The van der Waals surface area contributed by atoms with Gasteiger partial charge in [-0.3, -0.25) is 19.5 Å². The molecule has 5 rings (SSSR count). The van der Waals surface area contributed by atoms with Gasteiger partial charge < -0.3 is 15.6 Å². The lowest BCUT2D eigenvalue weighted by Crippen LogP contribution is -2.43. The smallest absolute Gasteiger partial charge is 0.233 e. The zero-order chi connectivity index (χ0) is 20.0. The van der Waals surface area contributed by atoms with Crippen LogP contribution < -0.4 is 10.6 Å². The van der Waals surface area contributed by atoms with E-state index in [9.17, 15) is 9.59 Å². The number of nitrogens with one attached hydrogen (secondary N) is 3. The van der Waals surface area contributed by atoms with Gasteiger partial charge in [0.15, 0.2) is 5.96 Å². The second kappa shape index (κ2) is 7.06. The summed E-state index contributed by atoms with van der Waals surface area (Å²) in [6, 6.07) is 10.3. The lowest BCUT2D eigenvalue weighted by atomic mass is 9.85. The van der Waals surface area contributed by atoms with Crippen molar-refractivity contribution >= 4 is 28.7 Å². The molecule has 1 aliphatic heterocycles. The Hall–Kier alpha value is -3.09. The summed E-state index contributed by atoms with van der Waals surface area (Å²) in [5.41, 5.74) is 2.17. The molecule has 1 saturated heterocycles. The molecule has 150 valence electrons. The lowest BCUT2D eigenvalue weighted by Gasteiger charge is -2.18. The number of rotatable bonds is 5. The van der Waals surface area contributed by atoms with E-state index in [2.05, 4.69) is 44.9 Å². The van der Waals surface area contributed by atoms with Gasteiger partial charge in [-0.05, 0) is 35.8 Å². The summed E-state index contributed by atoms with van der Waals surface area (Å²) in [5, 5.41) is 7.65. The molecule has 3 N–H and O–H groups in total. The summed E-state index contributed by atoms with van der Waals surface area (Å²) in [6.07, 6.45) is 5.20. The molecule has 2 heterocycles. The molecule has 0 radical (unpaired) electrons. The second-order valence-electron chi connectivity index (χ2n) is 8.06. The van der Waals surface area contributed by atoms with E-state index in [0.29, 0.717) is 25.6 Å². The van der Waals surface area contributed by atoms with Gasteiger partial charge in [0.25, 0.3) is 0 Å². The molecule has 1 aromatic carbocycles. The summed E-state index contributed by atoms with van der Waals surface area (Å²) in [4.78, 5) is 34.5. The Morgan fingerprint density at radius 3 is 2.55 bits per heavy atom. The number of likely N-dealkylation sites (tertiary alicyclic amines) is 1. The predicted molar refractivity (Wildman–Crippen MR) is 111 cm³/mol. The van der Waals surface area contributed by atoms with Crippen LogP contribution in [0.2, 0.25) is 0 Å². The first-order valence-corrected chi connectivity index (χ1v) is 10.2. The summed E-state index contributed by atoms with van der Waals surface area (Å²) in [7, 11) is 1.71. The van der Waals surface area contributed by atoms with E-state index >= 15 is 0 Å². The standard InChI is InChI=1S/C22H25N5O2/c1-23-22(25-12-16-11-13-4-2-3-5-17(13)26-16)24-8-9-27-20(28)18-14-6-7-15(10-14)19(18)21(27)29/h2-7,11,14-15,18-19,26H,8-10,12H2,1H3,(H2,23,24,25). The highest BCUT2D eigenvalue weighted by atomic mass is 16.2. The van der Waals surface area contributed by atoms with Crippen LogP contribution in [-0.4, -0.2) is 47.8 Å². The van der Waals surface area contributed by atoms with Gasteiger partial charge in [0.1, 0.15) is 0 Å². The van der Waals surface area contributed by atoms with Crippen molar-refractivity contribution in [1.82, 2.24) is 20.5 Å². The molecule has 1 aromatic heterocycles. The molecule has 4 atom stereocenters. The van der Waals surface area contributed by atoms with Crippen LogP contribution >= 0.6 is 0 Å². The molecule has 2 aliphatic carbocycles. The van der Waals surface area contributed by atoms with E-state index in [-0.39, 0.29) is 35.5 Å². The average molecular weight is 391 g/mol. The van der Waals surface area contributed by atoms with Crippen molar-refractivity contribution in [3.8, 4) is 0 Å². The number of benzene rings is 1. The van der Waals surface area contributed by atoms with E-state index in [1.54, 1.807) is 7.05 Å². The van der Waals surface area contributed by atoms with E-state index in [4.69, 9.17) is 0 Å². The Morgan fingerprint density at radius 1 is 1.14 bits per heavy atom. The maximum atomic E-state index is 12.7. The second-order valence-corrected chi connectivity index (χ2v) is 8.06. The molecule has 2 bridgehead atoms. The molecule has 29 heavy (non-hydrogen) atoms. The Kier molecular flexibility index (Phi) is 4.38. The Bertz CT molecular complexity index is 960. The van der Waals surface area contributed by atoms with Crippen molar-refractivity contribution < 1.29 is 9.59 Å². The van der Waals surface area contributed by atoms with Crippen LogP contribution in [0.5, 0.6) is 0 Å². The molecule has 2 aromatic rings. The van der Waals surface area contributed by atoms with Gasteiger partial charge in [-0.2, -0.15) is 0 Å². The summed E-state index contributed by atoms with van der Waals surface area (Å²) < 4.78 is 0. The van der Waals surface area contributed by atoms with Crippen molar-refractivity contribution in [2.45, 2.75) is 13.0 Å². The number of carbonyl (C=O) groups excluding carboxylic acids is 2. The highest BCUT2D eigenvalue weighted by molar-refractivity contribution is 6.06. The molecule has 4 unspecified atom stereocenters. The normalized spacial score (nSPS) is 27.9. The van der Waals surface area contributed by atoms with Crippen LogP contribution in [0.3, 0.4) is 0 Å². The molecule has 7 nitrogen and oxygen atoms in total. The van der Waals surface area contributed by atoms with Crippen molar-refractivity contribution in [2.24, 2.45) is 28.7 Å². The number of amides is 2. The van der Waals surface area contributed by atoms with Gasteiger partial charge in [-0.15, -0.1) is 0 Å². The topological polar surface area (TPSA) is 89.6 Å². The Balaban J connectivity index is 1.14. The van der Waals surface area contributed by atoms with Crippen LogP contribution in [0.15, 0.2) is 47.5 Å². The first-order valence-electron chi connectivity index (χ1n) is 10.2. The molecule has 2 amide bonds. The number of aromatic amines is 1. The maximum Gasteiger partial charge on any atom is 0.233 e. The monoisotopic (exact) mass is 391 g/mol. The van der Waals surface area contributed by atoms with Crippen molar-refractivity contribution in [2.75, 3.05) is 20.1 Å². The third kappa shape index (κ3) is 3.01. The fourth-order valence-electron chi connectivity index (χ4n) is 5.10. The van der Waals surface area contributed by atoms with Crippen LogP contribution in [0.25, 0.3) is 10.9 Å². The molecular formula is C22H25N5O2. The van der Waals surface area contributed by atoms with Gasteiger partial charge in [0.2, 0.25) is 11.8 Å². The maximum absolute atomic E-state index is 12.7. The molecule has 3 aliphatic rings. The molecule has 2 fully saturated rings. The first-order chi connectivity index (χ1) is 14.2. The number of guanidine groups is 1. The summed E-state index contributed by atoms with van der Waals surface area (Å²) >= 11 is 0. The minimum absolute atomic E-state index is 0.000304. The van der Waals surface area contributed by atoms with Gasteiger partial charge >= 0.3 is 0 Å². The number of aliphatic imine (C=N–C) groups is 1. The first kappa shape index (κ1) is 18.0. The lowest BCUT2D eigenvalue weighted by molar-refractivity contribution is -0.140. The fourth-order valence-corrected chi connectivity index (χ4v) is 5.10. The van der Waals surface area contributed by atoms with E-state index in [1.807, 2.05) is 18.2 Å². The number of hydrogen-bond acceptors (Lipinski definition) is 3. The minimum atomic E-state index is -0.128.